The topological polar surface area (TPSA) is 0 Å². The molecule has 0 nitrogen and oxygen atoms in total. The highest BCUT2D eigenvalue weighted by Gasteiger charge is 1.80. The lowest BCUT2D eigenvalue weighted by molar-refractivity contribution is 1.14. The molecule has 15 heavy (non-hydrogen) atoms. The number of rotatable bonds is 1. The summed E-state index contributed by atoms with van der Waals surface area (Å²) in [6.07, 6.45) is 1.14. The molecule has 78 valence electrons. The van der Waals surface area contributed by atoms with Crippen LogP contribution in [0.4, 0.5) is 0 Å². The van der Waals surface area contributed by atoms with Crippen molar-refractivity contribution in [1.29, 1.82) is 0 Å². The monoisotopic (exact) mass is 218 g/mol. The molecule has 0 aliphatic carbocycles. The van der Waals surface area contributed by atoms with Crippen molar-refractivity contribution in [3.8, 4) is 0 Å². The second-order valence-electron chi connectivity index (χ2n) is 3.13. The molecule has 0 fully saturated rings. The summed E-state index contributed by atoms with van der Waals surface area (Å²) in [6.45, 7) is 2.16. The summed E-state index contributed by atoms with van der Waals surface area (Å²) in [7, 11) is 0. The summed E-state index contributed by atoms with van der Waals surface area (Å²) in [5, 5.41) is 0.794. The Kier molecular flexibility index (Phi) is 5.57. The maximum Gasteiger partial charge on any atom is 0.0405 e. The van der Waals surface area contributed by atoms with Crippen LogP contribution in [-0.4, -0.2) is 0 Å². The van der Waals surface area contributed by atoms with Crippen LogP contribution in [-0.2, 0) is 6.42 Å². The highest BCUT2D eigenvalue weighted by atomic mass is 35.5. The Balaban J connectivity index is 0.000000151. The van der Waals surface area contributed by atoms with Gasteiger partial charge in [0, 0.05) is 5.02 Å². The minimum absolute atomic E-state index is 0.794. The van der Waals surface area contributed by atoms with E-state index in [1.54, 1.807) is 0 Å². The van der Waals surface area contributed by atoms with Crippen molar-refractivity contribution < 1.29 is 0 Å². The van der Waals surface area contributed by atoms with Gasteiger partial charge in [0.2, 0.25) is 0 Å². The Labute approximate surface area is 96.5 Å². The van der Waals surface area contributed by atoms with Gasteiger partial charge in [0.25, 0.3) is 0 Å². The van der Waals surface area contributed by atoms with Crippen LogP contribution in [0.3, 0.4) is 0 Å². The van der Waals surface area contributed by atoms with Crippen molar-refractivity contribution >= 4 is 11.6 Å². The molecule has 0 radical (unpaired) electrons. The van der Waals surface area contributed by atoms with Crippen molar-refractivity contribution in [3.63, 3.8) is 0 Å². The molecule has 0 amide bonds. The molecule has 0 spiro atoms. The first-order valence-corrected chi connectivity index (χ1v) is 5.45. The molecule has 0 atom stereocenters. The molecule has 0 bridgehead atoms. The average molecular weight is 219 g/mol. The summed E-state index contributed by atoms with van der Waals surface area (Å²) < 4.78 is 0. The van der Waals surface area contributed by atoms with E-state index in [4.69, 9.17) is 11.6 Å². The van der Waals surface area contributed by atoms with E-state index in [9.17, 15) is 0 Å². The fraction of sp³-hybridized carbons (Fsp3) is 0.143. The van der Waals surface area contributed by atoms with E-state index in [1.807, 2.05) is 36.4 Å². The fourth-order valence-electron chi connectivity index (χ4n) is 1.13. The minimum Gasteiger partial charge on any atom is -0.0843 e. The van der Waals surface area contributed by atoms with Crippen LogP contribution in [0.2, 0.25) is 5.02 Å². The van der Waals surface area contributed by atoms with Gasteiger partial charge in [-0.25, -0.2) is 0 Å². The average Bonchev–Trinajstić information content (AvgIpc) is 2.32. The lowest BCUT2D eigenvalue weighted by atomic mass is 10.2. The minimum atomic E-state index is 0.794. The number of hydrogen-bond donors (Lipinski definition) is 0. The largest absolute Gasteiger partial charge is 0.0843 e. The molecule has 0 N–H and O–H groups in total. The molecule has 0 aliphatic rings. The quantitative estimate of drug-likeness (QED) is 0.657. The summed E-state index contributed by atoms with van der Waals surface area (Å²) >= 11 is 5.54. The third-order valence-corrected chi connectivity index (χ3v) is 2.24. The van der Waals surface area contributed by atoms with E-state index in [-0.39, 0.29) is 0 Å². The maximum atomic E-state index is 5.54. The molecule has 2 rings (SSSR count). The zero-order chi connectivity index (χ0) is 10.9. The van der Waals surface area contributed by atoms with E-state index in [1.165, 1.54) is 5.56 Å². The van der Waals surface area contributed by atoms with E-state index < -0.39 is 0 Å². The zero-order valence-corrected chi connectivity index (χ0v) is 9.61. The summed E-state index contributed by atoms with van der Waals surface area (Å²) in [6, 6.07) is 19.9. The smallest absolute Gasteiger partial charge is 0.0405 e. The number of hydrogen-bond acceptors (Lipinski definition) is 0. The number of halogens is 1. The third-order valence-electron chi connectivity index (χ3n) is 1.98. The lowest BCUT2D eigenvalue weighted by Gasteiger charge is -1.89. The van der Waals surface area contributed by atoms with Crippen LogP contribution in [0.25, 0.3) is 0 Å². The van der Waals surface area contributed by atoms with Crippen LogP contribution in [0.1, 0.15) is 12.5 Å². The van der Waals surface area contributed by atoms with Gasteiger partial charge in [-0.3, -0.25) is 0 Å². The first kappa shape index (κ1) is 11.8. The van der Waals surface area contributed by atoms with Gasteiger partial charge >= 0.3 is 0 Å². The standard InChI is InChI=1S/C8H10.C6H5Cl/c1-2-8-6-4-3-5-7-8;7-6-4-2-1-3-5-6/h3-7H,2H2,1H3;1-5H. The van der Waals surface area contributed by atoms with Gasteiger partial charge in [-0.15, -0.1) is 0 Å². The number of aryl methyl sites for hydroxylation is 1. The molecular formula is C14H15Cl. The van der Waals surface area contributed by atoms with E-state index in [0.717, 1.165) is 11.4 Å². The molecule has 0 unspecified atom stereocenters. The van der Waals surface area contributed by atoms with Crippen molar-refractivity contribution in [2.45, 2.75) is 13.3 Å². The Morgan fingerprint density at radius 1 is 0.800 bits per heavy atom. The Bertz CT molecular complexity index is 354. The lowest BCUT2D eigenvalue weighted by Crippen LogP contribution is -1.73. The summed E-state index contributed by atoms with van der Waals surface area (Å²) in [5.41, 5.74) is 1.41. The molecule has 0 aliphatic heterocycles. The SMILES string of the molecule is CCc1ccccc1.Clc1ccccc1. The predicted molar refractivity (Wildman–Crippen MR) is 67.3 cm³/mol. The van der Waals surface area contributed by atoms with Gasteiger partial charge < -0.3 is 0 Å². The van der Waals surface area contributed by atoms with Crippen LogP contribution in [0.5, 0.6) is 0 Å². The first-order valence-electron chi connectivity index (χ1n) is 5.07. The fourth-order valence-corrected chi connectivity index (χ4v) is 1.27. The highest BCUT2D eigenvalue weighted by molar-refractivity contribution is 6.30. The Morgan fingerprint density at radius 3 is 1.53 bits per heavy atom. The van der Waals surface area contributed by atoms with E-state index >= 15 is 0 Å². The molecule has 0 aromatic heterocycles. The molecule has 2 aromatic carbocycles. The zero-order valence-electron chi connectivity index (χ0n) is 8.86. The van der Waals surface area contributed by atoms with Crippen LogP contribution in [0, 0.1) is 0 Å². The van der Waals surface area contributed by atoms with E-state index in [2.05, 4.69) is 31.2 Å². The number of benzene rings is 2. The van der Waals surface area contributed by atoms with Gasteiger partial charge in [-0.05, 0) is 24.1 Å². The van der Waals surface area contributed by atoms with Gasteiger partial charge in [0.05, 0.1) is 0 Å². The van der Waals surface area contributed by atoms with Crippen LogP contribution < -0.4 is 0 Å². The van der Waals surface area contributed by atoms with Crippen molar-refractivity contribution in [2.24, 2.45) is 0 Å². The molecule has 1 heteroatoms. The maximum absolute atomic E-state index is 5.54. The Morgan fingerprint density at radius 2 is 1.27 bits per heavy atom. The molecule has 0 saturated carbocycles. The summed E-state index contributed by atoms with van der Waals surface area (Å²) in [4.78, 5) is 0. The van der Waals surface area contributed by atoms with Crippen LogP contribution >= 0.6 is 11.6 Å². The van der Waals surface area contributed by atoms with Crippen molar-refractivity contribution in [3.05, 3.63) is 71.2 Å². The van der Waals surface area contributed by atoms with Crippen LogP contribution in [0.15, 0.2) is 60.7 Å². The molecule has 0 saturated heterocycles. The molecule has 2 aromatic rings. The first-order chi connectivity index (χ1) is 7.33. The van der Waals surface area contributed by atoms with Gasteiger partial charge in [-0.2, -0.15) is 0 Å². The third kappa shape index (κ3) is 5.24. The highest BCUT2D eigenvalue weighted by Crippen LogP contribution is 2.03. The van der Waals surface area contributed by atoms with Crippen molar-refractivity contribution in [1.82, 2.24) is 0 Å². The normalized spacial score (nSPS) is 8.93. The predicted octanol–water partition coefficient (Wildman–Crippen LogP) is 4.59. The van der Waals surface area contributed by atoms with E-state index in [0.29, 0.717) is 0 Å². The summed E-state index contributed by atoms with van der Waals surface area (Å²) in [5.74, 6) is 0. The Hall–Kier alpha value is -1.27. The molecular weight excluding hydrogens is 204 g/mol. The molecule has 0 heterocycles. The van der Waals surface area contributed by atoms with Gasteiger partial charge in [-0.1, -0.05) is 67.1 Å². The van der Waals surface area contributed by atoms with Gasteiger partial charge in [0.1, 0.15) is 0 Å². The second-order valence-corrected chi connectivity index (χ2v) is 3.57. The second kappa shape index (κ2) is 7.08. The van der Waals surface area contributed by atoms with Crippen molar-refractivity contribution in [2.75, 3.05) is 0 Å². The van der Waals surface area contributed by atoms with Gasteiger partial charge in [0.15, 0.2) is 0 Å².